The predicted molar refractivity (Wildman–Crippen MR) is 85.5 cm³/mol. The van der Waals surface area contributed by atoms with Crippen LogP contribution in [-0.4, -0.2) is 17.5 Å². The van der Waals surface area contributed by atoms with Crippen molar-refractivity contribution in [1.82, 2.24) is 10.3 Å². The van der Waals surface area contributed by atoms with Gasteiger partial charge in [-0.25, -0.2) is 4.98 Å². The molecule has 22 heavy (non-hydrogen) atoms. The maximum Gasteiger partial charge on any atom is 0.225 e. The standard InChI is InChI=1S/C16H14Cl2N2O2/c1-9-5-10(17)6-13(18)12(9)7-15(21)20-14-8-22-16-11(14)3-2-4-19-16/h2-6,14H,7-8H2,1H3,(H,20,21). The van der Waals surface area contributed by atoms with Gasteiger partial charge in [0.05, 0.1) is 12.5 Å². The first-order valence-electron chi connectivity index (χ1n) is 6.86. The number of benzene rings is 1. The van der Waals surface area contributed by atoms with Crippen LogP contribution in [0.15, 0.2) is 30.5 Å². The third-order valence-electron chi connectivity index (χ3n) is 3.62. The lowest BCUT2D eigenvalue weighted by Crippen LogP contribution is -2.30. The Hall–Kier alpha value is -1.78. The first-order chi connectivity index (χ1) is 10.5. The summed E-state index contributed by atoms with van der Waals surface area (Å²) in [7, 11) is 0. The number of carbonyl (C=O) groups excluding carboxylic acids is 1. The molecule has 1 aromatic carbocycles. The lowest BCUT2D eigenvalue weighted by molar-refractivity contribution is -0.121. The Bertz CT molecular complexity index is 711. The average Bonchev–Trinajstić information content (AvgIpc) is 2.86. The van der Waals surface area contributed by atoms with E-state index >= 15 is 0 Å². The molecule has 0 saturated carbocycles. The number of ether oxygens (including phenoxy) is 1. The van der Waals surface area contributed by atoms with Gasteiger partial charge in [0.2, 0.25) is 11.8 Å². The zero-order valence-corrected chi connectivity index (χ0v) is 13.4. The van der Waals surface area contributed by atoms with E-state index in [1.807, 2.05) is 19.1 Å². The lowest BCUT2D eigenvalue weighted by atomic mass is 10.0. The fraction of sp³-hybridized carbons (Fsp3) is 0.250. The van der Waals surface area contributed by atoms with Gasteiger partial charge in [0.1, 0.15) is 6.61 Å². The largest absolute Gasteiger partial charge is 0.475 e. The quantitative estimate of drug-likeness (QED) is 0.933. The van der Waals surface area contributed by atoms with Gasteiger partial charge in [0.25, 0.3) is 0 Å². The Kier molecular flexibility index (Phi) is 4.23. The predicted octanol–water partition coefficient (Wildman–Crippen LogP) is 3.49. The van der Waals surface area contributed by atoms with Gasteiger partial charge in [-0.3, -0.25) is 4.79 Å². The number of halogens is 2. The molecule has 1 atom stereocenters. The van der Waals surface area contributed by atoms with Gasteiger partial charge < -0.3 is 10.1 Å². The number of fused-ring (bicyclic) bond motifs is 1. The molecule has 114 valence electrons. The van der Waals surface area contributed by atoms with Gasteiger partial charge in [-0.2, -0.15) is 0 Å². The summed E-state index contributed by atoms with van der Waals surface area (Å²) < 4.78 is 5.46. The molecule has 0 aliphatic carbocycles. The number of nitrogens with zero attached hydrogens (tertiary/aromatic N) is 1. The highest BCUT2D eigenvalue weighted by atomic mass is 35.5. The van der Waals surface area contributed by atoms with Gasteiger partial charge in [-0.1, -0.05) is 23.2 Å². The molecule has 6 heteroatoms. The molecule has 1 aliphatic rings. The summed E-state index contributed by atoms with van der Waals surface area (Å²) in [6, 6.07) is 7.00. The van der Waals surface area contributed by atoms with Gasteiger partial charge >= 0.3 is 0 Å². The zero-order chi connectivity index (χ0) is 15.7. The highest BCUT2D eigenvalue weighted by Crippen LogP contribution is 2.30. The molecule has 1 unspecified atom stereocenters. The monoisotopic (exact) mass is 336 g/mol. The van der Waals surface area contributed by atoms with Crippen LogP contribution in [-0.2, 0) is 11.2 Å². The maximum atomic E-state index is 12.3. The van der Waals surface area contributed by atoms with E-state index in [-0.39, 0.29) is 18.4 Å². The molecule has 2 heterocycles. The molecule has 1 N–H and O–H groups in total. The van der Waals surface area contributed by atoms with Crippen molar-refractivity contribution in [2.45, 2.75) is 19.4 Å². The van der Waals surface area contributed by atoms with Gasteiger partial charge in [-0.05, 0) is 42.3 Å². The molecule has 0 radical (unpaired) electrons. The molecular weight excluding hydrogens is 323 g/mol. The summed E-state index contributed by atoms with van der Waals surface area (Å²) in [6.07, 6.45) is 1.87. The number of aryl methyl sites for hydroxylation is 1. The van der Waals surface area contributed by atoms with Gasteiger partial charge in [-0.15, -0.1) is 0 Å². The third-order valence-corrected chi connectivity index (χ3v) is 4.17. The number of hydrogen-bond acceptors (Lipinski definition) is 3. The molecule has 0 spiro atoms. The number of aromatic nitrogens is 1. The maximum absolute atomic E-state index is 12.3. The zero-order valence-electron chi connectivity index (χ0n) is 11.9. The van der Waals surface area contributed by atoms with Gasteiger partial charge in [0.15, 0.2) is 0 Å². The molecule has 1 amide bonds. The van der Waals surface area contributed by atoms with E-state index in [1.165, 1.54) is 0 Å². The van der Waals surface area contributed by atoms with Crippen molar-refractivity contribution in [2.75, 3.05) is 6.61 Å². The van der Waals surface area contributed by atoms with Crippen molar-refractivity contribution >= 4 is 29.1 Å². The number of nitrogens with one attached hydrogen (secondary N) is 1. The number of hydrogen-bond donors (Lipinski definition) is 1. The van der Waals surface area contributed by atoms with Crippen molar-refractivity contribution in [3.63, 3.8) is 0 Å². The Morgan fingerprint density at radius 2 is 2.27 bits per heavy atom. The van der Waals surface area contributed by atoms with Crippen molar-refractivity contribution < 1.29 is 9.53 Å². The van der Waals surface area contributed by atoms with E-state index in [2.05, 4.69) is 10.3 Å². The number of pyridine rings is 1. The summed E-state index contributed by atoms with van der Waals surface area (Å²) in [6.45, 7) is 2.28. The average molecular weight is 337 g/mol. The van der Waals surface area contributed by atoms with E-state index in [1.54, 1.807) is 18.3 Å². The third kappa shape index (κ3) is 3.03. The van der Waals surface area contributed by atoms with Gasteiger partial charge in [0, 0.05) is 21.8 Å². The second-order valence-electron chi connectivity index (χ2n) is 5.19. The Morgan fingerprint density at radius 3 is 3.05 bits per heavy atom. The van der Waals surface area contributed by atoms with Crippen LogP contribution < -0.4 is 10.1 Å². The van der Waals surface area contributed by atoms with Crippen LogP contribution in [0.5, 0.6) is 5.88 Å². The Morgan fingerprint density at radius 1 is 1.45 bits per heavy atom. The number of carbonyl (C=O) groups is 1. The molecule has 3 rings (SSSR count). The molecule has 1 aromatic heterocycles. The van der Waals surface area contributed by atoms with Crippen molar-refractivity contribution in [2.24, 2.45) is 0 Å². The van der Waals surface area contributed by atoms with Crippen LogP contribution in [0, 0.1) is 6.92 Å². The number of rotatable bonds is 3. The fourth-order valence-corrected chi connectivity index (χ4v) is 3.18. The SMILES string of the molecule is Cc1cc(Cl)cc(Cl)c1CC(=O)NC1COc2ncccc21. The number of amides is 1. The van der Waals surface area contributed by atoms with Crippen LogP contribution in [0.1, 0.15) is 22.7 Å². The minimum absolute atomic E-state index is 0.113. The topological polar surface area (TPSA) is 51.2 Å². The summed E-state index contributed by atoms with van der Waals surface area (Å²) in [5.41, 5.74) is 2.58. The van der Waals surface area contributed by atoms with Crippen LogP contribution in [0.4, 0.5) is 0 Å². The molecule has 2 aromatic rings. The van der Waals surface area contributed by atoms with E-state index in [0.29, 0.717) is 22.5 Å². The molecule has 1 aliphatic heterocycles. The van der Waals surface area contributed by atoms with E-state index in [0.717, 1.165) is 16.7 Å². The van der Waals surface area contributed by atoms with Crippen LogP contribution in [0.25, 0.3) is 0 Å². The Labute approximate surface area is 138 Å². The summed E-state index contributed by atoms with van der Waals surface area (Å²) in [4.78, 5) is 16.4. The minimum atomic E-state index is -0.178. The Balaban J connectivity index is 1.72. The smallest absolute Gasteiger partial charge is 0.225 e. The first-order valence-corrected chi connectivity index (χ1v) is 7.62. The van der Waals surface area contributed by atoms with E-state index < -0.39 is 0 Å². The minimum Gasteiger partial charge on any atom is -0.475 e. The van der Waals surface area contributed by atoms with Crippen molar-refractivity contribution in [3.8, 4) is 5.88 Å². The lowest BCUT2D eigenvalue weighted by Gasteiger charge is -2.13. The molecule has 0 saturated heterocycles. The van der Waals surface area contributed by atoms with Crippen LogP contribution in [0.2, 0.25) is 10.0 Å². The van der Waals surface area contributed by atoms with Crippen LogP contribution in [0.3, 0.4) is 0 Å². The summed E-state index contributed by atoms with van der Waals surface area (Å²) >= 11 is 12.1. The van der Waals surface area contributed by atoms with E-state index in [9.17, 15) is 4.79 Å². The highest BCUT2D eigenvalue weighted by molar-refractivity contribution is 6.35. The van der Waals surface area contributed by atoms with E-state index in [4.69, 9.17) is 27.9 Å². The van der Waals surface area contributed by atoms with Crippen molar-refractivity contribution in [1.29, 1.82) is 0 Å². The second-order valence-corrected chi connectivity index (χ2v) is 6.03. The summed E-state index contributed by atoms with van der Waals surface area (Å²) in [5, 5.41) is 4.03. The fourth-order valence-electron chi connectivity index (χ4n) is 2.52. The normalized spacial score (nSPS) is 16.0. The van der Waals surface area contributed by atoms with Crippen molar-refractivity contribution in [3.05, 3.63) is 57.2 Å². The first kappa shape index (κ1) is 15.1. The summed E-state index contributed by atoms with van der Waals surface area (Å²) in [5.74, 6) is 0.464. The second kappa shape index (κ2) is 6.15. The molecular formula is C16H14Cl2N2O2. The molecule has 0 bridgehead atoms. The molecule has 4 nitrogen and oxygen atoms in total. The highest BCUT2D eigenvalue weighted by Gasteiger charge is 2.26. The van der Waals surface area contributed by atoms with Crippen LogP contribution >= 0.6 is 23.2 Å². The molecule has 0 fully saturated rings.